The van der Waals surface area contributed by atoms with Gasteiger partial charge in [-0.15, -0.1) is 0 Å². The Kier molecular flexibility index (Phi) is 6.46. The van der Waals surface area contributed by atoms with E-state index in [0.717, 1.165) is 38.1 Å². The van der Waals surface area contributed by atoms with Crippen LogP contribution in [0.5, 0.6) is 0 Å². The van der Waals surface area contributed by atoms with Crippen molar-refractivity contribution in [2.24, 2.45) is 5.92 Å². The Morgan fingerprint density at radius 2 is 2.12 bits per heavy atom. The molecule has 0 aliphatic heterocycles. The van der Waals surface area contributed by atoms with Crippen LogP contribution in [0, 0.1) is 5.92 Å². The third kappa shape index (κ3) is 4.97. The Bertz CT molecular complexity index is 200. The molecule has 3 heteroatoms. The summed E-state index contributed by atoms with van der Waals surface area (Å²) >= 11 is 0. The lowest BCUT2D eigenvalue weighted by Crippen LogP contribution is -2.37. The number of carboxylic acids is 1. The van der Waals surface area contributed by atoms with Crippen molar-refractivity contribution in [3.8, 4) is 0 Å². The number of carbonyl (C=O) groups is 1. The summed E-state index contributed by atoms with van der Waals surface area (Å²) in [5.41, 5.74) is 0. The maximum atomic E-state index is 11.0. The lowest BCUT2D eigenvalue weighted by Gasteiger charge is -2.15. The molecule has 0 bridgehead atoms. The Balaban J connectivity index is 2.13. The molecule has 0 amide bonds. The number of hydrogen-bond donors (Lipinski definition) is 2. The highest BCUT2D eigenvalue weighted by molar-refractivity contribution is 5.73. The Labute approximate surface area is 98.6 Å². The molecule has 0 heterocycles. The van der Waals surface area contributed by atoms with Crippen molar-refractivity contribution in [3.63, 3.8) is 0 Å². The zero-order valence-corrected chi connectivity index (χ0v) is 10.4. The molecule has 0 aromatic rings. The third-order valence-electron chi connectivity index (χ3n) is 3.56. The van der Waals surface area contributed by atoms with Gasteiger partial charge in [-0.3, -0.25) is 4.79 Å². The fourth-order valence-corrected chi connectivity index (χ4v) is 2.48. The smallest absolute Gasteiger partial charge is 0.320 e. The normalized spacial score (nSPS) is 18.8. The SMILES string of the molecule is CCCCC(NCCC1CCCC1)C(=O)O. The van der Waals surface area contributed by atoms with Crippen LogP contribution in [0.25, 0.3) is 0 Å². The standard InChI is InChI=1S/C13H25NO2/c1-2-3-8-12(13(15)16)14-10-9-11-6-4-5-7-11/h11-12,14H,2-10H2,1H3,(H,15,16). The number of aliphatic carboxylic acids is 1. The Morgan fingerprint density at radius 1 is 1.44 bits per heavy atom. The number of unbranched alkanes of at least 4 members (excludes halogenated alkanes) is 1. The number of hydrogen-bond acceptors (Lipinski definition) is 2. The molecule has 0 spiro atoms. The summed E-state index contributed by atoms with van der Waals surface area (Å²) in [6.07, 6.45) is 9.38. The number of rotatable bonds is 8. The van der Waals surface area contributed by atoms with Crippen LogP contribution in [0.4, 0.5) is 0 Å². The number of carboxylic acid groups (broad SMARTS) is 1. The molecular weight excluding hydrogens is 202 g/mol. The highest BCUT2D eigenvalue weighted by atomic mass is 16.4. The molecule has 1 unspecified atom stereocenters. The molecule has 1 fully saturated rings. The van der Waals surface area contributed by atoms with Gasteiger partial charge in [0.1, 0.15) is 6.04 Å². The molecule has 16 heavy (non-hydrogen) atoms. The fourth-order valence-electron chi connectivity index (χ4n) is 2.48. The van der Waals surface area contributed by atoms with Gasteiger partial charge in [-0.1, -0.05) is 45.4 Å². The maximum Gasteiger partial charge on any atom is 0.320 e. The van der Waals surface area contributed by atoms with Crippen LogP contribution in [0.2, 0.25) is 0 Å². The van der Waals surface area contributed by atoms with Gasteiger partial charge in [0.2, 0.25) is 0 Å². The van der Waals surface area contributed by atoms with E-state index in [0.29, 0.717) is 0 Å². The van der Waals surface area contributed by atoms with Crippen molar-refractivity contribution in [3.05, 3.63) is 0 Å². The van der Waals surface area contributed by atoms with Crippen molar-refractivity contribution >= 4 is 5.97 Å². The molecule has 0 aromatic heterocycles. The first-order valence-electron chi connectivity index (χ1n) is 6.70. The average molecular weight is 227 g/mol. The molecule has 1 aliphatic rings. The predicted octanol–water partition coefficient (Wildman–Crippen LogP) is 2.80. The first kappa shape index (κ1) is 13.5. The highest BCUT2D eigenvalue weighted by Gasteiger charge is 2.18. The van der Waals surface area contributed by atoms with Gasteiger partial charge in [-0.05, 0) is 25.3 Å². The van der Waals surface area contributed by atoms with Crippen LogP contribution >= 0.6 is 0 Å². The van der Waals surface area contributed by atoms with E-state index in [2.05, 4.69) is 12.2 Å². The van der Waals surface area contributed by atoms with Gasteiger partial charge < -0.3 is 10.4 Å². The van der Waals surface area contributed by atoms with Crippen molar-refractivity contribution in [2.45, 2.75) is 64.3 Å². The molecule has 0 radical (unpaired) electrons. The van der Waals surface area contributed by atoms with Gasteiger partial charge in [0, 0.05) is 0 Å². The van der Waals surface area contributed by atoms with E-state index < -0.39 is 5.97 Å². The monoisotopic (exact) mass is 227 g/mol. The summed E-state index contributed by atoms with van der Waals surface area (Å²) in [7, 11) is 0. The molecule has 0 saturated heterocycles. The van der Waals surface area contributed by atoms with Crippen molar-refractivity contribution < 1.29 is 9.90 Å². The summed E-state index contributed by atoms with van der Waals surface area (Å²) in [5.74, 6) is 0.146. The van der Waals surface area contributed by atoms with E-state index in [-0.39, 0.29) is 6.04 Å². The van der Waals surface area contributed by atoms with Gasteiger partial charge in [0.15, 0.2) is 0 Å². The molecule has 1 aliphatic carbocycles. The topological polar surface area (TPSA) is 49.3 Å². The minimum absolute atomic E-state index is 0.332. The largest absolute Gasteiger partial charge is 0.480 e. The molecule has 0 aromatic carbocycles. The third-order valence-corrected chi connectivity index (χ3v) is 3.56. The lowest BCUT2D eigenvalue weighted by molar-refractivity contribution is -0.139. The Morgan fingerprint density at radius 3 is 2.69 bits per heavy atom. The summed E-state index contributed by atoms with van der Waals surface area (Å²) < 4.78 is 0. The van der Waals surface area contributed by atoms with Gasteiger partial charge in [-0.2, -0.15) is 0 Å². The van der Waals surface area contributed by atoms with Crippen LogP contribution in [0.3, 0.4) is 0 Å². The molecule has 2 N–H and O–H groups in total. The number of nitrogens with one attached hydrogen (secondary N) is 1. The first-order valence-corrected chi connectivity index (χ1v) is 6.70. The zero-order valence-electron chi connectivity index (χ0n) is 10.4. The van der Waals surface area contributed by atoms with Crippen LogP contribution in [0.1, 0.15) is 58.3 Å². The van der Waals surface area contributed by atoms with Crippen molar-refractivity contribution in [2.75, 3.05) is 6.54 Å². The molecule has 3 nitrogen and oxygen atoms in total. The second-order valence-corrected chi connectivity index (χ2v) is 4.93. The van der Waals surface area contributed by atoms with Gasteiger partial charge >= 0.3 is 5.97 Å². The van der Waals surface area contributed by atoms with Crippen LogP contribution in [-0.2, 0) is 4.79 Å². The summed E-state index contributed by atoms with van der Waals surface area (Å²) in [5, 5.41) is 12.2. The van der Waals surface area contributed by atoms with E-state index in [1.54, 1.807) is 0 Å². The van der Waals surface area contributed by atoms with Gasteiger partial charge in [0.25, 0.3) is 0 Å². The molecular formula is C13H25NO2. The van der Waals surface area contributed by atoms with E-state index >= 15 is 0 Å². The Hall–Kier alpha value is -0.570. The van der Waals surface area contributed by atoms with Crippen molar-refractivity contribution in [1.29, 1.82) is 0 Å². The minimum Gasteiger partial charge on any atom is -0.480 e. The van der Waals surface area contributed by atoms with Crippen LogP contribution in [0.15, 0.2) is 0 Å². The second kappa shape index (κ2) is 7.66. The summed E-state index contributed by atoms with van der Waals surface area (Å²) in [4.78, 5) is 11.0. The quantitative estimate of drug-likeness (QED) is 0.670. The van der Waals surface area contributed by atoms with Gasteiger partial charge in [-0.25, -0.2) is 0 Å². The van der Waals surface area contributed by atoms with E-state index in [1.165, 1.54) is 25.7 Å². The van der Waals surface area contributed by atoms with Crippen molar-refractivity contribution in [1.82, 2.24) is 5.32 Å². The summed E-state index contributed by atoms with van der Waals surface area (Å²) in [6.45, 7) is 2.96. The van der Waals surface area contributed by atoms with E-state index in [1.807, 2.05) is 0 Å². The zero-order chi connectivity index (χ0) is 11.8. The van der Waals surface area contributed by atoms with E-state index in [9.17, 15) is 4.79 Å². The highest BCUT2D eigenvalue weighted by Crippen LogP contribution is 2.26. The van der Waals surface area contributed by atoms with Gasteiger partial charge in [0.05, 0.1) is 0 Å². The predicted molar refractivity (Wildman–Crippen MR) is 65.5 cm³/mol. The maximum absolute atomic E-state index is 11.0. The van der Waals surface area contributed by atoms with Crippen LogP contribution in [-0.4, -0.2) is 23.7 Å². The summed E-state index contributed by atoms with van der Waals surface area (Å²) in [6, 6.07) is -0.332. The molecule has 1 rings (SSSR count). The first-order chi connectivity index (χ1) is 7.74. The molecule has 94 valence electrons. The van der Waals surface area contributed by atoms with Crippen LogP contribution < -0.4 is 5.32 Å². The lowest BCUT2D eigenvalue weighted by atomic mass is 10.0. The van der Waals surface area contributed by atoms with E-state index in [4.69, 9.17) is 5.11 Å². The molecule has 1 saturated carbocycles. The second-order valence-electron chi connectivity index (χ2n) is 4.93. The minimum atomic E-state index is -0.695. The fraction of sp³-hybridized carbons (Fsp3) is 0.923. The average Bonchev–Trinajstić information content (AvgIpc) is 2.75. The molecule has 1 atom stereocenters.